The fraction of sp³-hybridized carbons (Fsp3) is 0.438. The number of anilines is 1. The lowest BCUT2D eigenvalue weighted by Gasteiger charge is -2.33. The predicted octanol–water partition coefficient (Wildman–Crippen LogP) is 0.651. The lowest BCUT2D eigenvalue weighted by atomic mass is 10.1. The number of rotatable bonds is 6. The lowest BCUT2D eigenvalue weighted by molar-refractivity contribution is -0.146. The van der Waals surface area contributed by atoms with Gasteiger partial charge in [-0.25, -0.2) is 0 Å². The third kappa shape index (κ3) is 5.07. The minimum absolute atomic E-state index is 0.0290. The Balaban J connectivity index is 2.00. The van der Waals surface area contributed by atoms with Gasteiger partial charge in [0.1, 0.15) is 11.8 Å². The van der Waals surface area contributed by atoms with Gasteiger partial charge in [-0.3, -0.25) is 19.3 Å². The van der Waals surface area contributed by atoms with Crippen molar-refractivity contribution in [2.45, 2.75) is 12.5 Å². The maximum atomic E-state index is 12.3. The molecule has 1 atom stereocenters. The van der Waals surface area contributed by atoms with Crippen LogP contribution < -0.4 is 15.4 Å². The molecule has 9 heteroatoms. The molecule has 2 N–H and O–H groups in total. The number of ether oxygens (including phenoxy) is 2. The first-order valence-corrected chi connectivity index (χ1v) is 8.04. The van der Waals surface area contributed by atoms with Crippen LogP contribution in [0.25, 0.3) is 0 Å². The minimum atomic E-state index is -0.730. The maximum absolute atomic E-state index is 12.3. The van der Waals surface area contributed by atoms with Crippen molar-refractivity contribution in [3.8, 4) is 5.75 Å². The number of piperazine rings is 1. The van der Waals surface area contributed by atoms with Crippen molar-refractivity contribution in [3.05, 3.63) is 23.2 Å². The molecule has 2 amide bonds. The molecule has 136 valence electrons. The molecule has 0 aromatic heterocycles. The number of carbonyl (C=O) groups is 3. The van der Waals surface area contributed by atoms with Crippen LogP contribution in [0.15, 0.2) is 18.2 Å². The topological polar surface area (TPSA) is 97.0 Å². The Morgan fingerprint density at radius 1 is 1.40 bits per heavy atom. The molecule has 1 fully saturated rings. The third-order valence-corrected chi connectivity index (χ3v) is 4.11. The molecule has 0 saturated carbocycles. The number of amides is 2. The Kier molecular flexibility index (Phi) is 6.60. The minimum Gasteiger partial charge on any atom is -0.495 e. The summed E-state index contributed by atoms with van der Waals surface area (Å²) in [5.41, 5.74) is 0.516. The van der Waals surface area contributed by atoms with Crippen LogP contribution in [0.2, 0.25) is 5.02 Å². The summed E-state index contributed by atoms with van der Waals surface area (Å²) in [7, 11) is 2.76. The second kappa shape index (κ2) is 8.68. The molecular formula is C16H20ClN3O5. The standard InChI is InChI=1S/C16H20ClN3O5/c1-24-13-4-3-10(7-11(13)17)19-14(21)9-20-6-5-18-16(23)12(20)8-15(22)25-2/h3-4,7,12H,5-6,8-9H2,1-2H3,(H,18,23)(H,19,21)/t12-/m0/s1. The van der Waals surface area contributed by atoms with Gasteiger partial charge in [0.25, 0.3) is 0 Å². The number of benzene rings is 1. The van der Waals surface area contributed by atoms with Crippen LogP contribution in [-0.2, 0) is 19.1 Å². The lowest BCUT2D eigenvalue weighted by Crippen LogP contribution is -2.57. The van der Waals surface area contributed by atoms with E-state index < -0.39 is 12.0 Å². The summed E-state index contributed by atoms with van der Waals surface area (Å²) in [6.45, 7) is 0.848. The second-order valence-electron chi connectivity index (χ2n) is 5.46. The first-order chi connectivity index (χ1) is 11.9. The van der Waals surface area contributed by atoms with Gasteiger partial charge < -0.3 is 20.1 Å². The van der Waals surface area contributed by atoms with Crippen LogP contribution in [0.3, 0.4) is 0 Å². The molecule has 8 nitrogen and oxygen atoms in total. The van der Waals surface area contributed by atoms with E-state index in [1.165, 1.54) is 14.2 Å². The molecule has 1 aliphatic rings. The van der Waals surface area contributed by atoms with Crippen LogP contribution in [0.4, 0.5) is 5.69 Å². The highest BCUT2D eigenvalue weighted by Gasteiger charge is 2.33. The van der Waals surface area contributed by atoms with E-state index >= 15 is 0 Å². The van der Waals surface area contributed by atoms with Crippen molar-refractivity contribution in [1.82, 2.24) is 10.2 Å². The summed E-state index contributed by atoms with van der Waals surface area (Å²) in [6, 6.07) is 4.16. The normalized spacial score (nSPS) is 17.6. The zero-order chi connectivity index (χ0) is 18.4. The molecule has 1 saturated heterocycles. The molecule has 25 heavy (non-hydrogen) atoms. The summed E-state index contributed by atoms with van der Waals surface area (Å²) in [5.74, 6) is -0.609. The van der Waals surface area contributed by atoms with Crippen molar-refractivity contribution in [2.75, 3.05) is 39.2 Å². The second-order valence-corrected chi connectivity index (χ2v) is 5.86. The van der Waals surface area contributed by atoms with E-state index in [1.807, 2.05) is 0 Å². The number of nitrogens with one attached hydrogen (secondary N) is 2. The Bertz CT molecular complexity index is 667. The van der Waals surface area contributed by atoms with Gasteiger partial charge in [0.2, 0.25) is 11.8 Å². The number of carbonyl (C=O) groups excluding carboxylic acids is 3. The average Bonchev–Trinajstić information content (AvgIpc) is 2.58. The zero-order valence-corrected chi connectivity index (χ0v) is 14.8. The van der Waals surface area contributed by atoms with Gasteiger partial charge in [-0.05, 0) is 18.2 Å². The number of halogens is 1. The number of methoxy groups -OCH3 is 2. The van der Waals surface area contributed by atoms with Crippen molar-refractivity contribution in [1.29, 1.82) is 0 Å². The van der Waals surface area contributed by atoms with Gasteiger partial charge >= 0.3 is 5.97 Å². The molecule has 1 aromatic rings. The van der Waals surface area contributed by atoms with Gasteiger partial charge in [0.15, 0.2) is 0 Å². The fourth-order valence-corrected chi connectivity index (χ4v) is 2.80. The molecule has 2 rings (SSSR count). The number of hydrogen-bond donors (Lipinski definition) is 2. The van der Waals surface area contributed by atoms with Crippen LogP contribution in [0, 0.1) is 0 Å². The van der Waals surface area contributed by atoms with Crippen LogP contribution in [0.5, 0.6) is 5.75 Å². The van der Waals surface area contributed by atoms with E-state index in [0.717, 1.165) is 0 Å². The van der Waals surface area contributed by atoms with Gasteiger partial charge in [0.05, 0.1) is 32.2 Å². The van der Waals surface area contributed by atoms with Crippen LogP contribution in [0.1, 0.15) is 6.42 Å². The van der Waals surface area contributed by atoms with E-state index in [9.17, 15) is 14.4 Å². The summed E-state index contributed by atoms with van der Waals surface area (Å²) in [4.78, 5) is 37.4. The number of esters is 1. The van der Waals surface area contributed by atoms with Crippen LogP contribution >= 0.6 is 11.6 Å². The Hall–Kier alpha value is -2.32. The zero-order valence-electron chi connectivity index (χ0n) is 14.0. The van der Waals surface area contributed by atoms with Gasteiger partial charge in [-0.2, -0.15) is 0 Å². The first kappa shape index (κ1) is 19.0. The summed E-state index contributed by atoms with van der Waals surface area (Å²) >= 11 is 6.03. The predicted molar refractivity (Wildman–Crippen MR) is 91.6 cm³/mol. The van der Waals surface area contributed by atoms with Crippen LogP contribution in [-0.4, -0.2) is 62.6 Å². The molecule has 1 heterocycles. The summed E-state index contributed by atoms with van der Waals surface area (Å²) in [5, 5.41) is 5.77. The van der Waals surface area contributed by atoms with Crippen molar-refractivity contribution in [3.63, 3.8) is 0 Å². The van der Waals surface area contributed by atoms with E-state index in [0.29, 0.717) is 29.5 Å². The molecular weight excluding hydrogens is 350 g/mol. The first-order valence-electron chi connectivity index (χ1n) is 7.66. The van der Waals surface area contributed by atoms with Crippen molar-refractivity contribution in [2.24, 2.45) is 0 Å². The van der Waals surface area contributed by atoms with E-state index in [1.54, 1.807) is 23.1 Å². The summed E-state index contributed by atoms with van der Waals surface area (Å²) < 4.78 is 9.67. The van der Waals surface area contributed by atoms with E-state index in [-0.39, 0.29) is 24.8 Å². The molecule has 0 bridgehead atoms. The quantitative estimate of drug-likeness (QED) is 0.715. The highest BCUT2D eigenvalue weighted by molar-refractivity contribution is 6.32. The van der Waals surface area contributed by atoms with Crippen molar-refractivity contribution < 1.29 is 23.9 Å². The Labute approximate surface area is 150 Å². The van der Waals surface area contributed by atoms with E-state index in [2.05, 4.69) is 15.4 Å². The summed E-state index contributed by atoms with van der Waals surface area (Å²) in [6.07, 6.45) is -0.107. The molecule has 0 spiro atoms. The molecule has 1 aromatic carbocycles. The molecule has 0 aliphatic carbocycles. The Morgan fingerprint density at radius 2 is 2.16 bits per heavy atom. The monoisotopic (exact) mass is 369 g/mol. The average molecular weight is 370 g/mol. The Morgan fingerprint density at radius 3 is 2.80 bits per heavy atom. The highest BCUT2D eigenvalue weighted by atomic mass is 35.5. The largest absolute Gasteiger partial charge is 0.495 e. The van der Waals surface area contributed by atoms with Gasteiger partial charge in [0, 0.05) is 18.8 Å². The maximum Gasteiger partial charge on any atom is 0.307 e. The van der Waals surface area contributed by atoms with Crippen molar-refractivity contribution >= 4 is 35.1 Å². The molecule has 0 radical (unpaired) electrons. The molecule has 0 unspecified atom stereocenters. The fourth-order valence-electron chi connectivity index (χ4n) is 2.54. The van der Waals surface area contributed by atoms with E-state index in [4.69, 9.17) is 16.3 Å². The number of hydrogen-bond acceptors (Lipinski definition) is 6. The SMILES string of the molecule is COC(=O)C[C@H]1C(=O)NCCN1CC(=O)Nc1ccc(OC)c(Cl)c1. The smallest absolute Gasteiger partial charge is 0.307 e. The third-order valence-electron chi connectivity index (χ3n) is 3.81. The van der Waals surface area contributed by atoms with Gasteiger partial charge in [-0.15, -0.1) is 0 Å². The molecule has 1 aliphatic heterocycles. The number of nitrogens with zero attached hydrogens (tertiary/aromatic N) is 1. The van der Waals surface area contributed by atoms with Gasteiger partial charge in [-0.1, -0.05) is 11.6 Å². The highest BCUT2D eigenvalue weighted by Crippen LogP contribution is 2.27.